The van der Waals surface area contributed by atoms with E-state index < -0.39 is 0 Å². The van der Waals surface area contributed by atoms with Gasteiger partial charge in [-0.2, -0.15) is 0 Å². The Labute approximate surface area is 111 Å². The molecule has 2 unspecified atom stereocenters. The van der Waals surface area contributed by atoms with Gasteiger partial charge in [0.1, 0.15) is 0 Å². The Bertz CT molecular complexity index is 272. The molecule has 1 aliphatic carbocycles. The zero-order chi connectivity index (χ0) is 13.0. The zero-order valence-corrected chi connectivity index (χ0v) is 12.0. The first-order valence-corrected chi connectivity index (χ1v) is 7.82. The molecule has 0 radical (unpaired) electrons. The molecule has 3 nitrogen and oxygen atoms in total. The summed E-state index contributed by atoms with van der Waals surface area (Å²) < 4.78 is 0. The minimum atomic E-state index is 0.0791. The number of carbonyl (C=O) groups excluding carboxylic acids is 1. The van der Waals surface area contributed by atoms with Crippen molar-refractivity contribution >= 4 is 5.91 Å². The molecule has 2 fully saturated rings. The summed E-state index contributed by atoms with van der Waals surface area (Å²) in [6, 6.07) is 0.567. The SMILES string of the molecule is CCCC1NC(C)N(C2CCCCCCC2)C1=O. The van der Waals surface area contributed by atoms with Crippen molar-refractivity contribution in [3.63, 3.8) is 0 Å². The highest BCUT2D eigenvalue weighted by Crippen LogP contribution is 2.26. The van der Waals surface area contributed by atoms with Crippen LogP contribution in [-0.4, -0.2) is 29.1 Å². The normalized spacial score (nSPS) is 31.4. The van der Waals surface area contributed by atoms with E-state index in [9.17, 15) is 4.79 Å². The molecule has 1 N–H and O–H groups in total. The van der Waals surface area contributed by atoms with Crippen molar-refractivity contribution in [2.24, 2.45) is 0 Å². The number of amides is 1. The molecule has 0 aromatic rings. The molecule has 1 heterocycles. The summed E-state index contributed by atoms with van der Waals surface area (Å²) in [5, 5.41) is 3.46. The second-order valence-corrected chi connectivity index (χ2v) is 5.93. The first-order chi connectivity index (χ1) is 8.74. The van der Waals surface area contributed by atoms with E-state index in [0.29, 0.717) is 11.9 Å². The van der Waals surface area contributed by atoms with Crippen molar-refractivity contribution in [3.05, 3.63) is 0 Å². The highest BCUT2D eigenvalue weighted by atomic mass is 16.2. The van der Waals surface area contributed by atoms with Crippen molar-refractivity contribution in [3.8, 4) is 0 Å². The van der Waals surface area contributed by atoms with Gasteiger partial charge in [0.25, 0.3) is 0 Å². The van der Waals surface area contributed by atoms with E-state index in [1.165, 1.54) is 44.9 Å². The van der Waals surface area contributed by atoms with Crippen LogP contribution in [0.5, 0.6) is 0 Å². The molecular formula is C15H28N2O. The minimum absolute atomic E-state index is 0.0791. The monoisotopic (exact) mass is 252 g/mol. The molecule has 3 heteroatoms. The maximum Gasteiger partial charge on any atom is 0.241 e. The summed E-state index contributed by atoms with van der Waals surface area (Å²) in [7, 11) is 0. The van der Waals surface area contributed by atoms with Crippen LogP contribution in [0.25, 0.3) is 0 Å². The quantitative estimate of drug-likeness (QED) is 0.837. The third-order valence-electron chi connectivity index (χ3n) is 4.46. The fourth-order valence-corrected chi connectivity index (χ4v) is 3.52. The van der Waals surface area contributed by atoms with Crippen LogP contribution in [0.1, 0.15) is 71.6 Å². The Balaban J connectivity index is 1.99. The van der Waals surface area contributed by atoms with E-state index in [4.69, 9.17) is 0 Å². The van der Waals surface area contributed by atoms with Crippen molar-refractivity contribution in [1.29, 1.82) is 0 Å². The molecule has 0 aromatic heterocycles. The Hall–Kier alpha value is -0.570. The van der Waals surface area contributed by atoms with Crippen molar-refractivity contribution in [2.75, 3.05) is 0 Å². The molecule has 0 bridgehead atoms. The molecule has 1 amide bonds. The summed E-state index contributed by atoms with van der Waals surface area (Å²) in [6.45, 7) is 4.30. The van der Waals surface area contributed by atoms with Crippen molar-refractivity contribution in [2.45, 2.75) is 89.9 Å². The van der Waals surface area contributed by atoms with E-state index in [1.807, 2.05) is 0 Å². The zero-order valence-electron chi connectivity index (χ0n) is 12.0. The van der Waals surface area contributed by atoms with Crippen LogP contribution in [0.3, 0.4) is 0 Å². The Morgan fingerprint density at radius 3 is 2.39 bits per heavy atom. The molecular weight excluding hydrogens is 224 g/mol. The molecule has 2 aliphatic rings. The van der Waals surface area contributed by atoms with E-state index in [2.05, 4.69) is 24.1 Å². The predicted octanol–water partition coefficient (Wildman–Crippen LogP) is 3.05. The van der Waals surface area contributed by atoms with Crippen molar-refractivity contribution in [1.82, 2.24) is 10.2 Å². The first kappa shape index (κ1) is 13.9. The highest BCUT2D eigenvalue weighted by molar-refractivity contribution is 5.84. The van der Waals surface area contributed by atoms with Crippen LogP contribution in [0, 0.1) is 0 Å². The second kappa shape index (κ2) is 6.55. The van der Waals surface area contributed by atoms with Gasteiger partial charge in [0.05, 0.1) is 12.2 Å². The van der Waals surface area contributed by atoms with Gasteiger partial charge in [-0.25, -0.2) is 0 Å². The maximum absolute atomic E-state index is 12.5. The molecule has 1 aliphatic heterocycles. The van der Waals surface area contributed by atoms with Gasteiger partial charge in [0, 0.05) is 6.04 Å². The fourth-order valence-electron chi connectivity index (χ4n) is 3.52. The predicted molar refractivity (Wildman–Crippen MR) is 74.2 cm³/mol. The number of hydrogen-bond donors (Lipinski definition) is 1. The largest absolute Gasteiger partial charge is 0.323 e. The summed E-state index contributed by atoms with van der Waals surface area (Å²) in [6.07, 6.45) is 11.4. The van der Waals surface area contributed by atoms with Gasteiger partial charge in [0.15, 0.2) is 0 Å². The summed E-state index contributed by atoms with van der Waals surface area (Å²) in [5.41, 5.74) is 0. The number of hydrogen-bond acceptors (Lipinski definition) is 2. The minimum Gasteiger partial charge on any atom is -0.323 e. The lowest BCUT2D eigenvalue weighted by atomic mass is 9.95. The third kappa shape index (κ3) is 3.05. The van der Waals surface area contributed by atoms with E-state index in [0.717, 1.165) is 12.8 Å². The van der Waals surface area contributed by atoms with Crippen LogP contribution in [0.2, 0.25) is 0 Å². The van der Waals surface area contributed by atoms with Gasteiger partial charge in [-0.3, -0.25) is 10.1 Å². The molecule has 0 spiro atoms. The average Bonchev–Trinajstić information content (AvgIpc) is 2.56. The van der Waals surface area contributed by atoms with Crippen LogP contribution >= 0.6 is 0 Å². The highest BCUT2D eigenvalue weighted by Gasteiger charge is 2.39. The van der Waals surface area contributed by atoms with Gasteiger partial charge < -0.3 is 4.90 Å². The van der Waals surface area contributed by atoms with Crippen LogP contribution in [0.4, 0.5) is 0 Å². The standard InChI is InChI=1S/C15H28N2O/c1-3-9-14-15(18)17(12(2)16-14)13-10-7-5-4-6-8-11-13/h12-14,16H,3-11H2,1-2H3. The van der Waals surface area contributed by atoms with E-state index in [1.54, 1.807) is 0 Å². The average molecular weight is 252 g/mol. The number of nitrogens with one attached hydrogen (secondary N) is 1. The first-order valence-electron chi connectivity index (χ1n) is 7.82. The molecule has 18 heavy (non-hydrogen) atoms. The number of carbonyl (C=O) groups is 1. The van der Waals surface area contributed by atoms with Gasteiger partial charge in [0.2, 0.25) is 5.91 Å². The fraction of sp³-hybridized carbons (Fsp3) is 0.933. The maximum atomic E-state index is 12.5. The summed E-state index contributed by atoms with van der Waals surface area (Å²) in [4.78, 5) is 14.6. The Morgan fingerprint density at radius 2 is 1.78 bits per heavy atom. The van der Waals surface area contributed by atoms with Crippen LogP contribution in [0.15, 0.2) is 0 Å². The molecule has 2 rings (SSSR count). The summed E-state index contributed by atoms with van der Waals surface area (Å²) >= 11 is 0. The number of nitrogens with zero attached hydrogens (tertiary/aromatic N) is 1. The topological polar surface area (TPSA) is 32.3 Å². The number of rotatable bonds is 3. The molecule has 2 atom stereocenters. The van der Waals surface area contributed by atoms with E-state index >= 15 is 0 Å². The second-order valence-electron chi connectivity index (χ2n) is 5.93. The van der Waals surface area contributed by atoms with Gasteiger partial charge in [-0.15, -0.1) is 0 Å². The van der Waals surface area contributed by atoms with Crippen molar-refractivity contribution < 1.29 is 4.79 Å². The molecule has 1 saturated heterocycles. The lowest BCUT2D eigenvalue weighted by Gasteiger charge is -2.32. The van der Waals surface area contributed by atoms with Gasteiger partial charge >= 0.3 is 0 Å². The Kier molecular flexibility index (Phi) is 5.04. The summed E-state index contributed by atoms with van der Waals surface area (Å²) in [5.74, 6) is 0.356. The Morgan fingerprint density at radius 1 is 1.17 bits per heavy atom. The van der Waals surface area contributed by atoms with Crippen LogP contribution < -0.4 is 5.32 Å². The van der Waals surface area contributed by atoms with E-state index in [-0.39, 0.29) is 12.2 Å². The third-order valence-corrected chi connectivity index (χ3v) is 4.46. The van der Waals surface area contributed by atoms with Crippen LogP contribution in [-0.2, 0) is 4.79 Å². The van der Waals surface area contributed by atoms with Gasteiger partial charge in [-0.1, -0.05) is 45.4 Å². The van der Waals surface area contributed by atoms with Gasteiger partial charge in [-0.05, 0) is 26.2 Å². The lowest BCUT2D eigenvalue weighted by Crippen LogP contribution is -2.43. The molecule has 104 valence electrons. The molecule has 0 aromatic carbocycles. The smallest absolute Gasteiger partial charge is 0.241 e. The molecule has 1 saturated carbocycles. The lowest BCUT2D eigenvalue weighted by molar-refractivity contribution is -0.132.